The molecule has 0 bridgehead atoms. The summed E-state index contributed by atoms with van der Waals surface area (Å²) >= 11 is 0. The predicted octanol–water partition coefficient (Wildman–Crippen LogP) is 2.95. The van der Waals surface area contributed by atoms with Crippen molar-refractivity contribution < 1.29 is 14.5 Å². The Hall–Kier alpha value is -2.66. The van der Waals surface area contributed by atoms with E-state index >= 15 is 0 Å². The second-order valence-corrected chi connectivity index (χ2v) is 7.81. The molecular weight excluding hydrogens is 362 g/mol. The number of likely N-dealkylation sites (N-methyl/N-ethyl adjacent to an activating group) is 1. The monoisotopic (exact) mass is 396 g/mol. The third-order valence-corrected chi connectivity index (χ3v) is 5.06. The molecule has 0 aliphatic rings. The highest BCUT2D eigenvalue weighted by atomic mass is 16.2. The molecule has 1 atom stereocenters. The Balaban J connectivity index is 1.93. The summed E-state index contributed by atoms with van der Waals surface area (Å²) in [5.74, 6) is 0.441. The van der Waals surface area contributed by atoms with Crippen molar-refractivity contribution in [3.63, 3.8) is 0 Å². The molecule has 29 heavy (non-hydrogen) atoms. The Bertz CT molecular complexity index is 811. The highest BCUT2D eigenvalue weighted by molar-refractivity contribution is 5.97. The lowest BCUT2D eigenvalue weighted by Crippen LogP contribution is -3.08. The van der Waals surface area contributed by atoms with Gasteiger partial charge >= 0.3 is 0 Å². The second-order valence-electron chi connectivity index (χ2n) is 7.81. The smallest absolute Gasteiger partial charge is 0.279 e. The zero-order valence-corrected chi connectivity index (χ0v) is 18.3. The van der Waals surface area contributed by atoms with Crippen LogP contribution in [0.15, 0.2) is 48.5 Å². The van der Waals surface area contributed by atoms with Crippen molar-refractivity contribution in [2.75, 3.05) is 32.0 Å². The maximum absolute atomic E-state index is 12.5. The molecule has 156 valence electrons. The van der Waals surface area contributed by atoms with Gasteiger partial charge in [0.1, 0.15) is 6.54 Å². The Morgan fingerprint density at radius 1 is 1.03 bits per heavy atom. The number of carbonyl (C=O) groups is 2. The molecule has 0 spiro atoms. The van der Waals surface area contributed by atoms with Crippen molar-refractivity contribution >= 4 is 17.5 Å². The lowest BCUT2D eigenvalue weighted by atomic mass is 10.0. The molecule has 5 heteroatoms. The number of nitrogens with zero attached hydrogens (tertiary/aromatic N) is 1. The Morgan fingerprint density at radius 2 is 1.69 bits per heavy atom. The summed E-state index contributed by atoms with van der Waals surface area (Å²) in [7, 11) is 2.01. The van der Waals surface area contributed by atoms with Crippen LogP contribution in [0.2, 0.25) is 0 Å². The summed E-state index contributed by atoms with van der Waals surface area (Å²) in [6.45, 7) is 10.8. The van der Waals surface area contributed by atoms with Gasteiger partial charge < -0.3 is 15.1 Å². The molecule has 2 aromatic rings. The van der Waals surface area contributed by atoms with Gasteiger partial charge in [0.2, 0.25) is 0 Å². The van der Waals surface area contributed by atoms with Gasteiger partial charge in [-0.1, -0.05) is 44.2 Å². The quantitative estimate of drug-likeness (QED) is 0.685. The number of quaternary nitrogens is 1. The Morgan fingerprint density at radius 3 is 2.28 bits per heavy atom. The first-order valence-electron chi connectivity index (χ1n) is 10.4. The van der Waals surface area contributed by atoms with Gasteiger partial charge in [0.25, 0.3) is 11.8 Å². The minimum absolute atomic E-state index is 0.0151. The fourth-order valence-corrected chi connectivity index (χ4v) is 3.33. The first-order chi connectivity index (χ1) is 13.8. The summed E-state index contributed by atoms with van der Waals surface area (Å²) in [5, 5.41) is 2.92. The predicted molar refractivity (Wildman–Crippen MR) is 118 cm³/mol. The van der Waals surface area contributed by atoms with Crippen molar-refractivity contribution in [1.82, 2.24) is 4.90 Å². The van der Waals surface area contributed by atoms with E-state index in [-0.39, 0.29) is 11.8 Å². The van der Waals surface area contributed by atoms with E-state index in [4.69, 9.17) is 0 Å². The number of benzene rings is 2. The normalized spacial score (nSPS) is 11.9. The van der Waals surface area contributed by atoms with Crippen molar-refractivity contribution in [3.8, 4) is 0 Å². The molecule has 0 heterocycles. The first kappa shape index (κ1) is 22.6. The first-order valence-corrected chi connectivity index (χ1v) is 10.4. The Kier molecular flexibility index (Phi) is 8.40. The largest absolute Gasteiger partial charge is 0.339 e. The van der Waals surface area contributed by atoms with Gasteiger partial charge in [0.15, 0.2) is 6.54 Å². The lowest BCUT2D eigenvalue weighted by molar-refractivity contribution is -0.885. The van der Waals surface area contributed by atoms with Crippen molar-refractivity contribution in [2.45, 2.75) is 40.2 Å². The fraction of sp³-hybridized carbons (Fsp3) is 0.417. The van der Waals surface area contributed by atoms with E-state index in [1.165, 1.54) is 11.1 Å². The zero-order valence-electron chi connectivity index (χ0n) is 18.3. The molecule has 2 rings (SSSR count). The molecule has 2 amide bonds. The van der Waals surface area contributed by atoms with E-state index in [2.05, 4.69) is 43.4 Å². The van der Waals surface area contributed by atoms with E-state index < -0.39 is 0 Å². The maximum atomic E-state index is 12.5. The van der Waals surface area contributed by atoms with Gasteiger partial charge in [0, 0.05) is 29.9 Å². The molecule has 0 saturated carbocycles. The number of nitrogens with one attached hydrogen (secondary N) is 2. The average molecular weight is 397 g/mol. The van der Waals surface area contributed by atoms with Crippen LogP contribution in [0.1, 0.15) is 55.1 Å². The van der Waals surface area contributed by atoms with Crippen LogP contribution < -0.4 is 10.2 Å². The van der Waals surface area contributed by atoms with E-state index in [0.717, 1.165) is 11.4 Å². The molecule has 5 nitrogen and oxygen atoms in total. The van der Waals surface area contributed by atoms with Gasteiger partial charge in [-0.25, -0.2) is 0 Å². The third-order valence-electron chi connectivity index (χ3n) is 5.06. The fourth-order valence-electron chi connectivity index (χ4n) is 3.33. The summed E-state index contributed by atoms with van der Waals surface area (Å²) in [6.07, 6.45) is 0. The second kappa shape index (κ2) is 10.8. The van der Waals surface area contributed by atoms with E-state index in [9.17, 15) is 9.59 Å². The van der Waals surface area contributed by atoms with Gasteiger partial charge in [0.05, 0.1) is 7.05 Å². The molecule has 0 radical (unpaired) electrons. The summed E-state index contributed by atoms with van der Waals surface area (Å²) in [5.41, 5.74) is 3.79. The van der Waals surface area contributed by atoms with Gasteiger partial charge in [-0.2, -0.15) is 0 Å². The van der Waals surface area contributed by atoms with Gasteiger partial charge in [-0.05, 0) is 43.5 Å². The van der Waals surface area contributed by atoms with Crippen LogP contribution in [0.25, 0.3) is 0 Å². The number of carbonyl (C=O) groups excluding carboxylic acids is 2. The lowest BCUT2D eigenvalue weighted by Gasteiger charge is -2.19. The topological polar surface area (TPSA) is 53.9 Å². The van der Waals surface area contributed by atoms with Crippen LogP contribution in [0.5, 0.6) is 0 Å². The Labute approximate surface area is 174 Å². The van der Waals surface area contributed by atoms with Crippen molar-refractivity contribution in [1.29, 1.82) is 0 Å². The maximum Gasteiger partial charge on any atom is 0.279 e. The molecule has 2 N–H and O–H groups in total. The van der Waals surface area contributed by atoms with E-state index in [0.29, 0.717) is 36.8 Å². The van der Waals surface area contributed by atoms with Crippen LogP contribution in [0.4, 0.5) is 5.69 Å². The number of anilines is 1. The minimum Gasteiger partial charge on any atom is -0.339 e. The van der Waals surface area contributed by atoms with Crippen LogP contribution in [-0.2, 0) is 11.3 Å². The summed E-state index contributed by atoms with van der Waals surface area (Å²) in [6, 6.07) is 15.7. The molecule has 1 unspecified atom stereocenters. The SMILES string of the molecule is CCN(CC)C(=O)c1cccc(NC(=O)C[NH+](C)Cc2ccc(C(C)C)cc2)c1. The highest BCUT2D eigenvalue weighted by Crippen LogP contribution is 2.14. The highest BCUT2D eigenvalue weighted by Gasteiger charge is 2.15. The number of rotatable bonds is 9. The number of amides is 2. The van der Waals surface area contributed by atoms with E-state index in [1.54, 1.807) is 23.1 Å². The number of hydrogen-bond donors (Lipinski definition) is 2. The molecule has 2 aromatic carbocycles. The molecule has 0 fully saturated rings. The van der Waals surface area contributed by atoms with Crippen LogP contribution in [0.3, 0.4) is 0 Å². The van der Waals surface area contributed by atoms with Gasteiger partial charge in [-0.15, -0.1) is 0 Å². The van der Waals surface area contributed by atoms with Crippen molar-refractivity contribution in [3.05, 3.63) is 65.2 Å². The van der Waals surface area contributed by atoms with Gasteiger partial charge in [-0.3, -0.25) is 9.59 Å². The molecule has 0 aliphatic heterocycles. The minimum atomic E-state index is -0.0614. The average Bonchev–Trinajstić information content (AvgIpc) is 2.69. The molecule has 0 aliphatic carbocycles. The van der Waals surface area contributed by atoms with Crippen LogP contribution in [-0.4, -0.2) is 43.4 Å². The standard InChI is InChI=1S/C24H33N3O2/c1-6-27(7-2)24(29)21-9-8-10-22(15-21)25-23(28)17-26(5)16-19-11-13-20(14-12-19)18(3)4/h8-15,18H,6-7,16-17H2,1-5H3,(H,25,28)/p+1. The third kappa shape index (κ3) is 6.71. The zero-order chi connectivity index (χ0) is 21.4. The van der Waals surface area contributed by atoms with Crippen LogP contribution in [0, 0.1) is 0 Å². The van der Waals surface area contributed by atoms with Crippen molar-refractivity contribution in [2.24, 2.45) is 0 Å². The molecular formula is C24H34N3O2+. The molecule has 0 aromatic heterocycles. The molecule has 0 saturated heterocycles. The van der Waals surface area contributed by atoms with Crippen LogP contribution >= 0.6 is 0 Å². The summed E-state index contributed by atoms with van der Waals surface area (Å²) in [4.78, 5) is 27.8. The number of hydrogen-bond acceptors (Lipinski definition) is 2. The van der Waals surface area contributed by atoms with E-state index in [1.807, 2.05) is 27.0 Å². The summed E-state index contributed by atoms with van der Waals surface area (Å²) < 4.78 is 0.